The van der Waals surface area contributed by atoms with Gasteiger partial charge in [-0.1, -0.05) is 0 Å². The van der Waals surface area contributed by atoms with Crippen LogP contribution in [0.2, 0.25) is 0 Å². The minimum Gasteiger partial charge on any atom is -0.350 e. The van der Waals surface area contributed by atoms with Gasteiger partial charge in [-0.2, -0.15) is 0 Å². The van der Waals surface area contributed by atoms with E-state index in [0.29, 0.717) is 18.1 Å². The number of nitrogens with zero attached hydrogens (tertiary/aromatic N) is 1. The Morgan fingerprint density at radius 2 is 2.31 bits per heavy atom. The van der Waals surface area contributed by atoms with Gasteiger partial charge in [-0.25, -0.2) is 4.98 Å². The van der Waals surface area contributed by atoms with E-state index in [4.69, 9.17) is 11.6 Å². The van der Waals surface area contributed by atoms with Crippen LogP contribution in [0.4, 0.5) is 0 Å². The number of pyridine rings is 1. The van der Waals surface area contributed by atoms with Crippen LogP contribution in [0.1, 0.15) is 23.3 Å². The topological polar surface area (TPSA) is 42.0 Å². The number of halogens is 2. The third-order valence-electron chi connectivity index (χ3n) is 2.82. The zero-order chi connectivity index (χ0) is 11.6. The Bertz CT molecular complexity index is 389. The molecule has 86 valence electrons. The van der Waals surface area contributed by atoms with E-state index in [1.807, 2.05) is 0 Å². The SMILES string of the molecule is O=C(NCC1(CCl)CC1)c1ccc(Br)cn1. The molecule has 0 unspecified atom stereocenters. The Hall–Kier alpha value is -0.610. The Labute approximate surface area is 108 Å². The molecular weight excluding hydrogens is 291 g/mol. The van der Waals surface area contributed by atoms with Gasteiger partial charge in [0.15, 0.2) is 0 Å². The Balaban J connectivity index is 1.91. The fourth-order valence-electron chi connectivity index (χ4n) is 1.40. The van der Waals surface area contributed by atoms with Gasteiger partial charge in [0.05, 0.1) is 0 Å². The fourth-order valence-corrected chi connectivity index (χ4v) is 2.00. The molecule has 0 saturated heterocycles. The molecule has 1 amide bonds. The molecule has 1 saturated carbocycles. The van der Waals surface area contributed by atoms with Gasteiger partial charge in [0.25, 0.3) is 5.91 Å². The lowest BCUT2D eigenvalue weighted by Gasteiger charge is -2.11. The molecule has 0 aliphatic heterocycles. The van der Waals surface area contributed by atoms with Gasteiger partial charge < -0.3 is 5.32 Å². The highest BCUT2D eigenvalue weighted by molar-refractivity contribution is 9.10. The Kier molecular flexibility index (Phi) is 3.50. The summed E-state index contributed by atoms with van der Waals surface area (Å²) in [5.41, 5.74) is 0.584. The summed E-state index contributed by atoms with van der Waals surface area (Å²) in [6.07, 6.45) is 3.82. The van der Waals surface area contributed by atoms with Crippen LogP contribution in [-0.2, 0) is 0 Å². The van der Waals surface area contributed by atoms with Gasteiger partial charge in [0.1, 0.15) is 5.69 Å². The Morgan fingerprint density at radius 3 is 2.81 bits per heavy atom. The van der Waals surface area contributed by atoms with Gasteiger partial charge >= 0.3 is 0 Å². The van der Waals surface area contributed by atoms with E-state index in [2.05, 4.69) is 26.2 Å². The highest BCUT2D eigenvalue weighted by Gasteiger charge is 2.41. The van der Waals surface area contributed by atoms with Gasteiger partial charge in [-0.15, -0.1) is 11.6 Å². The van der Waals surface area contributed by atoms with E-state index < -0.39 is 0 Å². The molecule has 1 aromatic rings. The molecule has 0 radical (unpaired) electrons. The summed E-state index contributed by atoms with van der Waals surface area (Å²) < 4.78 is 0.864. The number of hydrogen-bond donors (Lipinski definition) is 1. The van der Waals surface area contributed by atoms with Crippen molar-refractivity contribution < 1.29 is 4.79 Å². The van der Waals surface area contributed by atoms with Crippen molar-refractivity contribution in [3.8, 4) is 0 Å². The number of rotatable bonds is 4. The maximum Gasteiger partial charge on any atom is 0.269 e. The zero-order valence-corrected chi connectivity index (χ0v) is 11.0. The summed E-state index contributed by atoms with van der Waals surface area (Å²) in [4.78, 5) is 15.7. The molecule has 2 rings (SSSR count). The van der Waals surface area contributed by atoms with E-state index in [-0.39, 0.29) is 11.3 Å². The molecule has 0 aromatic carbocycles. The first-order chi connectivity index (χ1) is 7.65. The normalized spacial score (nSPS) is 16.9. The Morgan fingerprint density at radius 1 is 1.56 bits per heavy atom. The molecule has 1 N–H and O–H groups in total. The van der Waals surface area contributed by atoms with E-state index in [1.165, 1.54) is 0 Å². The summed E-state index contributed by atoms with van der Waals surface area (Å²) in [6.45, 7) is 0.646. The number of carbonyl (C=O) groups excluding carboxylic acids is 1. The highest BCUT2D eigenvalue weighted by atomic mass is 79.9. The minimum absolute atomic E-state index is 0.135. The molecule has 1 aromatic heterocycles. The molecule has 16 heavy (non-hydrogen) atoms. The average Bonchev–Trinajstić information content (AvgIpc) is 3.08. The van der Waals surface area contributed by atoms with E-state index in [0.717, 1.165) is 17.3 Å². The molecule has 0 spiro atoms. The lowest BCUT2D eigenvalue weighted by Crippen LogP contribution is -2.31. The second-order valence-corrected chi connectivity index (χ2v) is 5.36. The number of aromatic nitrogens is 1. The van der Waals surface area contributed by atoms with E-state index in [9.17, 15) is 4.79 Å². The van der Waals surface area contributed by atoms with Crippen LogP contribution in [-0.4, -0.2) is 23.3 Å². The summed E-state index contributed by atoms with van der Waals surface area (Å²) in [5.74, 6) is 0.477. The first kappa shape index (κ1) is 11.9. The highest BCUT2D eigenvalue weighted by Crippen LogP contribution is 2.45. The van der Waals surface area contributed by atoms with Crippen LogP contribution < -0.4 is 5.32 Å². The molecular formula is C11H12BrClN2O. The third-order valence-corrected chi connectivity index (χ3v) is 3.86. The second kappa shape index (κ2) is 4.72. The van der Waals surface area contributed by atoms with Gasteiger partial charge in [-0.3, -0.25) is 4.79 Å². The maximum absolute atomic E-state index is 11.7. The molecule has 1 aliphatic carbocycles. The number of carbonyl (C=O) groups is 1. The molecule has 1 heterocycles. The predicted molar refractivity (Wildman–Crippen MR) is 66.7 cm³/mol. The summed E-state index contributed by atoms with van der Waals surface area (Å²) in [6, 6.07) is 3.50. The van der Waals surface area contributed by atoms with Crippen molar-refractivity contribution in [2.75, 3.05) is 12.4 Å². The van der Waals surface area contributed by atoms with Gasteiger partial charge in [-0.05, 0) is 40.9 Å². The van der Waals surface area contributed by atoms with Crippen LogP contribution in [0.5, 0.6) is 0 Å². The van der Waals surface area contributed by atoms with Crippen molar-refractivity contribution in [1.29, 1.82) is 0 Å². The lowest BCUT2D eigenvalue weighted by molar-refractivity contribution is 0.0941. The van der Waals surface area contributed by atoms with Crippen molar-refractivity contribution in [2.45, 2.75) is 12.8 Å². The van der Waals surface area contributed by atoms with Crippen molar-refractivity contribution in [1.82, 2.24) is 10.3 Å². The zero-order valence-electron chi connectivity index (χ0n) is 8.67. The van der Waals surface area contributed by atoms with Crippen molar-refractivity contribution >= 4 is 33.4 Å². The van der Waals surface area contributed by atoms with Crippen molar-refractivity contribution in [2.24, 2.45) is 5.41 Å². The van der Waals surface area contributed by atoms with Crippen molar-refractivity contribution in [3.63, 3.8) is 0 Å². The molecule has 1 fully saturated rings. The largest absolute Gasteiger partial charge is 0.350 e. The van der Waals surface area contributed by atoms with Crippen LogP contribution in [0.25, 0.3) is 0 Å². The van der Waals surface area contributed by atoms with Crippen LogP contribution in [0.15, 0.2) is 22.8 Å². The van der Waals surface area contributed by atoms with Crippen LogP contribution in [0.3, 0.4) is 0 Å². The number of nitrogens with one attached hydrogen (secondary N) is 1. The molecule has 3 nitrogen and oxygen atoms in total. The smallest absolute Gasteiger partial charge is 0.269 e. The van der Waals surface area contributed by atoms with Gasteiger partial charge in [0, 0.05) is 28.5 Å². The van der Waals surface area contributed by atoms with Crippen molar-refractivity contribution in [3.05, 3.63) is 28.5 Å². The quantitative estimate of drug-likeness (QED) is 0.869. The maximum atomic E-state index is 11.7. The monoisotopic (exact) mass is 302 g/mol. The summed E-state index contributed by atoms with van der Waals surface area (Å²) >= 11 is 9.11. The van der Waals surface area contributed by atoms with E-state index in [1.54, 1.807) is 18.3 Å². The molecule has 1 aliphatic rings. The molecule has 0 atom stereocenters. The average molecular weight is 304 g/mol. The molecule has 5 heteroatoms. The summed E-state index contributed by atoms with van der Waals surface area (Å²) in [5, 5.41) is 2.87. The van der Waals surface area contributed by atoms with Crippen LogP contribution >= 0.6 is 27.5 Å². The minimum atomic E-state index is -0.135. The predicted octanol–water partition coefficient (Wildman–Crippen LogP) is 2.59. The standard InChI is InChI=1S/C11H12BrClN2O/c12-8-1-2-9(14-5-8)10(16)15-7-11(6-13)3-4-11/h1-2,5H,3-4,6-7H2,(H,15,16). The lowest BCUT2D eigenvalue weighted by atomic mass is 10.1. The number of amides is 1. The van der Waals surface area contributed by atoms with Gasteiger partial charge in [0.2, 0.25) is 0 Å². The summed E-state index contributed by atoms with van der Waals surface area (Å²) in [7, 11) is 0. The third kappa shape index (κ3) is 2.74. The molecule has 0 bridgehead atoms. The number of alkyl halides is 1. The van der Waals surface area contributed by atoms with E-state index >= 15 is 0 Å². The fraction of sp³-hybridized carbons (Fsp3) is 0.455. The number of hydrogen-bond acceptors (Lipinski definition) is 2. The first-order valence-corrected chi connectivity index (χ1v) is 6.44. The first-order valence-electron chi connectivity index (χ1n) is 5.11. The second-order valence-electron chi connectivity index (χ2n) is 4.18. The van der Waals surface area contributed by atoms with Crippen LogP contribution in [0, 0.1) is 5.41 Å².